The van der Waals surface area contributed by atoms with Crippen molar-refractivity contribution >= 4 is 33.4 Å². The van der Waals surface area contributed by atoms with Crippen LogP contribution in [0.1, 0.15) is 77.6 Å². The van der Waals surface area contributed by atoms with Crippen molar-refractivity contribution < 1.29 is 14.7 Å². The quantitative estimate of drug-likeness (QED) is 0.362. The zero-order chi connectivity index (χ0) is 20.2. The van der Waals surface area contributed by atoms with Gasteiger partial charge in [-0.05, 0) is 50.4 Å². The highest BCUT2D eigenvalue weighted by molar-refractivity contribution is 8.77. The van der Waals surface area contributed by atoms with Crippen LogP contribution in [0.2, 0.25) is 0 Å². The second-order valence-electron chi connectivity index (χ2n) is 8.58. The van der Waals surface area contributed by atoms with Gasteiger partial charge in [0.25, 0.3) is 0 Å². The van der Waals surface area contributed by atoms with Crippen LogP contribution in [0.15, 0.2) is 0 Å². The molecule has 2 amide bonds. The average molecular weight is 431 g/mol. The van der Waals surface area contributed by atoms with Crippen LogP contribution in [0, 0.1) is 5.41 Å². The Labute approximate surface area is 178 Å². The third-order valence-corrected chi connectivity index (χ3v) is 9.01. The standard InChI is InChI=1S/C21H38N2O3S2/c1-21(17-24)11-14-23(15-12-21)20(26)9-3-2-6-13-22-19(25)8-5-4-7-18-10-16-27-28-18/h18,24H,2-17H2,1H3,(H,22,25)/t18-/m1/s1. The smallest absolute Gasteiger partial charge is 0.222 e. The lowest BCUT2D eigenvalue weighted by atomic mass is 9.81. The van der Waals surface area contributed by atoms with Gasteiger partial charge in [0.05, 0.1) is 0 Å². The fourth-order valence-corrected chi connectivity index (χ4v) is 6.76. The summed E-state index contributed by atoms with van der Waals surface area (Å²) in [6, 6.07) is 0. The van der Waals surface area contributed by atoms with Gasteiger partial charge in [-0.25, -0.2) is 0 Å². The number of likely N-dealkylation sites (tertiary alicyclic amines) is 1. The fourth-order valence-electron chi connectivity index (χ4n) is 3.73. The Kier molecular flexibility index (Phi) is 11.1. The minimum absolute atomic E-state index is 0.0104. The van der Waals surface area contributed by atoms with Crippen molar-refractivity contribution in [2.24, 2.45) is 5.41 Å². The normalized spacial score (nSPS) is 21.6. The highest BCUT2D eigenvalue weighted by Crippen LogP contribution is 2.39. The molecule has 1 atom stereocenters. The number of aliphatic hydroxyl groups excluding tert-OH is 1. The van der Waals surface area contributed by atoms with Crippen molar-refractivity contribution in [2.45, 2.75) is 82.8 Å². The van der Waals surface area contributed by atoms with Gasteiger partial charge in [0.2, 0.25) is 11.8 Å². The Balaban J connectivity index is 1.40. The minimum atomic E-state index is -0.0104. The van der Waals surface area contributed by atoms with Crippen molar-refractivity contribution in [3.63, 3.8) is 0 Å². The third kappa shape index (κ3) is 8.95. The van der Waals surface area contributed by atoms with Crippen molar-refractivity contribution in [1.82, 2.24) is 10.2 Å². The van der Waals surface area contributed by atoms with Crippen LogP contribution in [0.25, 0.3) is 0 Å². The van der Waals surface area contributed by atoms with E-state index in [4.69, 9.17) is 0 Å². The summed E-state index contributed by atoms with van der Waals surface area (Å²) < 4.78 is 0. The minimum Gasteiger partial charge on any atom is -0.396 e. The maximum absolute atomic E-state index is 12.3. The molecule has 0 aromatic rings. The molecule has 2 rings (SSSR count). The van der Waals surface area contributed by atoms with Gasteiger partial charge in [0.15, 0.2) is 0 Å². The van der Waals surface area contributed by atoms with Crippen LogP contribution < -0.4 is 5.32 Å². The van der Waals surface area contributed by atoms with Crippen LogP contribution in [0.4, 0.5) is 0 Å². The number of amides is 2. The highest BCUT2D eigenvalue weighted by Gasteiger charge is 2.30. The lowest BCUT2D eigenvalue weighted by molar-refractivity contribution is -0.134. The van der Waals surface area contributed by atoms with Gasteiger partial charge in [-0.1, -0.05) is 41.4 Å². The number of nitrogens with one attached hydrogen (secondary N) is 1. The van der Waals surface area contributed by atoms with Gasteiger partial charge in [-0.2, -0.15) is 0 Å². The van der Waals surface area contributed by atoms with Gasteiger partial charge in [0, 0.05) is 50.1 Å². The summed E-state index contributed by atoms with van der Waals surface area (Å²) in [5.74, 6) is 1.69. The summed E-state index contributed by atoms with van der Waals surface area (Å²) in [4.78, 5) is 26.1. The number of rotatable bonds is 12. The number of hydrogen-bond donors (Lipinski definition) is 2. The molecule has 0 saturated carbocycles. The predicted octanol–water partition coefficient (Wildman–Crippen LogP) is 4.00. The molecule has 7 heteroatoms. The summed E-state index contributed by atoms with van der Waals surface area (Å²) >= 11 is 0. The van der Waals surface area contributed by atoms with Gasteiger partial charge in [0.1, 0.15) is 0 Å². The van der Waals surface area contributed by atoms with E-state index in [1.54, 1.807) is 0 Å². The molecule has 2 aliphatic rings. The van der Waals surface area contributed by atoms with Crippen molar-refractivity contribution in [1.29, 1.82) is 0 Å². The number of carbonyl (C=O) groups is 2. The summed E-state index contributed by atoms with van der Waals surface area (Å²) in [6.07, 6.45) is 10.5. The Bertz CT molecular complexity index is 476. The molecule has 2 saturated heterocycles. The van der Waals surface area contributed by atoms with Crippen LogP contribution in [-0.2, 0) is 9.59 Å². The number of nitrogens with zero attached hydrogens (tertiary/aromatic N) is 1. The molecule has 5 nitrogen and oxygen atoms in total. The third-order valence-electron chi connectivity index (χ3n) is 6.00. The molecule has 2 heterocycles. The number of piperidine rings is 1. The molecule has 0 spiro atoms. The van der Waals surface area contributed by atoms with Crippen molar-refractivity contribution in [3.8, 4) is 0 Å². The molecule has 0 radical (unpaired) electrons. The van der Waals surface area contributed by atoms with Gasteiger partial charge in [-0.15, -0.1) is 0 Å². The lowest BCUT2D eigenvalue weighted by Crippen LogP contribution is -2.43. The molecule has 2 fully saturated rings. The Morgan fingerprint density at radius 2 is 1.86 bits per heavy atom. The average Bonchev–Trinajstić information content (AvgIpc) is 3.22. The van der Waals surface area contributed by atoms with Crippen LogP contribution in [-0.4, -0.2) is 59.1 Å². The Morgan fingerprint density at radius 3 is 2.54 bits per heavy atom. The topological polar surface area (TPSA) is 69.6 Å². The second kappa shape index (κ2) is 13.0. The number of unbranched alkanes of at least 4 members (excludes halogenated alkanes) is 3. The summed E-state index contributed by atoms with van der Waals surface area (Å²) in [6.45, 7) is 4.56. The van der Waals surface area contributed by atoms with Crippen LogP contribution >= 0.6 is 21.6 Å². The summed E-state index contributed by atoms with van der Waals surface area (Å²) in [7, 11) is 3.99. The first-order valence-electron chi connectivity index (χ1n) is 11.0. The van der Waals surface area contributed by atoms with Crippen LogP contribution in [0.5, 0.6) is 0 Å². The van der Waals surface area contributed by atoms with E-state index in [-0.39, 0.29) is 23.8 Å². The van der Waals surface area contributed by atoms with Gasteiger partial charge < -0.3 is 15.3 Å². The Hall–Kier alpha value is -0.400. The van der Waals surface area contributed by atoms with E-state index >= 15 is 0 Å². The largest absolute Gasteiger partial charge is 0.396 e. The molecule has 0 aliphatic carbocycles. The fraction of sp³-hybridized carbons (Fsp3) is 0.905. The molecule has 2 N–H and O–H groups in total. The SMILES string of the molecule is CC1(CO)CCN(C(=O)CCCCCNC(=O)CCCC[C@@H]2CCSS2)CC1. The number of aliphatic hydroxyl groups is 1. The molecule has 162 valence electrons. The van der Waals surface area contributed by atoms with Crippen molar-refractivity contribution in [3.05, 3.63) is 0 Å². The zero-order valence-electron chi connectivity index (χ0n) is 17.4. The van der Waals surface area contributed by atoms with E-state index in [9.17, 15) is 14.7 Å². The highest BCUT2D eigenvalue weighted by atomic mass is 33.1. The monoisotopic (exact) mass is 430 g/mol. The van der Waals surface area contributed by atoms with E-state index < -0.39 is 0 Å². The molecule has 0 aromatic heterocycles. The first kappa shape index (κ1) is 23.9. The molecule has 28 heavy (non-hydrogen) atoms. The molecule has 2 aliphatic heterocycles. The predicted molar refractivity (Wildman–Crippen MR) is 119 cm³/mol. The molecular weight excluding hydrogens is 392 g/mol. The second-order valence-corrected chi connectivity index (χ2v) is 11.4. The zero-order valence-corrected chi connectivity index (χ0v) is 19.1. The van der Waals surface area contributed by atoms with E-state index in [0.29, 0.717) is 12.8 Å². The van der Waals surface area contributed by atoms with E-state index in [1.807, 2.05) is 26.5 Å². The first-order valence-corrected chi connectivity index (χ1v) is 13.3. The molecule has 0 unspecified atom stereocenters. The summed E-state index contributed by atoms with van der Waals surface area (Å²) in [5.41, 5.74) is -0.0104. The number of hydrogen-bond acceptors (Lipinski definition) is 5. The first-order chi connectivity index (χ1) is 13.5. The summed E-state index contributed by atoms with van der Waals surface area (Å²) in [5, 5.41) is 13.2. The Morgan fingerprint density at radius 1 is 1.11 bits per heavy atom. The van der Waals surface area contributed by atoms with E-state index in [1.165, 1.54) is 18.6 Å². The van der Waals surface area contributed by atoms with Gasteiger partial charge >= 0.3 is 0 Å². The maximum atomic E-state index is 12.3. The van der Waals surface area contributed by atoms with Gasteiger partial charge in [-0.3, -0.25) is 9.59 Å². The van der Waals surface area contributed by atoms with Crippen molar-refractivity contribution in [2.75, 3.05) is 32.0 Å². The van der Waals surface area contributed by atoms with E-state index in [0.717, 1.165) is 69.8 Å². The maximum Gasteiger partial charge on any atom is 0.222 e. The molecular formula is C21H38N2O3S2. The molecule has 0 bridgehead atoms. The molecule has 0 aromatic carbocycles. The van der Waals surface area contributed by atoms with Crippen LogP contribution in [0.3, 0.4) is 0 Å². The van der Waals surface area contributed by atoms with E-state index in [2.05, 4.69) is 12.2 Å². The number of carbonyl (C=O) groups excluding carboxylic acids is 2. The lowest BCUT2D eigenvalue weighted by Gasteiger charge is -2.38.